The second kappa shape index (κ2) is 18.7. The summed E-state index contributed by atoms with van der Waals surface area (Å²) in [5, 5.41) is 2.17. The van der Waals surface area contributed by atoms with Crippen LogP contribution in [0.2, 0.25) is 0 Å². The fourth-order valence-corrected chi connectivity index (χ4v) is 11.2. The van der Waals surface area contributed by atoms with Gasteiger partial charge in [0.15, 0.2) is 0 Å². The van der Waals surface area contributed by atoms with Gasteiger partial charge in [-0.25, -0.2) is 9.97 Å². The number of nitrogens with zero attached hydrogens (tertiary/aromatic N) is 7. The predicted molar refractivity (Wildman–Crippen MR) is 308 cm³/mol. The van der Waals surface area contributed by atoms with Gasteiger partial charge in [0.1, 0.15) is 5.82 Å². The molecule has 0 bridgehead atoms. The van der Waals surface area contributed by atoms with E-state index >= 15 is 0 Å². The van der Waals surface area contributed by atoms with Gasteiger partial charge in [-0.2, -0.15) is 12.1 Å². The fraction of sp³-hybridized carbons (Fsp3) is 0.0147. The zero-order chi connectivity index (χ0) is 50.3. The number of para-hydroxylation sites is 4. The first-order chi connectivity index (χ1) is 37.6. The van der Waals surface area contributed by atoms with Gasteiger partial charge in [0.05, 0.1) is 22.1 Å². The zero-order valence-corrected chi connectivity index (χ0v) is 43.8. The Balaban J connectivity index is 0.00000540. The van der Waals surface area contributed by atoms with Gasteiger partial charge in [-0.1, -0.05) is 157 Å². The van der Waals surface area contributed by atoms with Crippen LogP contribution < -0.4 is 14.5 Å². The van der Waals surface area contributed by atoms with Gasteiger partial charge in [-0.3, -0.25) is 8.97 Å². The van der Waals surface area contributed by atoms with E-state index < -0.39 is 0 Å². The summed E-state index contributed by atoms with van der Waals surface area (Å²) in [4.78, 5) is 14.9. The number of hydrogen-bond acceptors (Lipinski definition) is 5. The number of fused-ring (bicyclic) bond motifs is 9. The molecule has 0 saturated carbocycles. The Labute approximate surface area is 459 Å². The van der Waals surface area contributed by atoms with Gasteiger partial charge in [0, 0.05) is 78.2 Å². The van der Waals surface area contributed by atoms with Crippen molar-refractivity contribution in [3.05, 3.63) is 267 Å². The van der Waals surface area contributed by atoms with Gasteiger partial charge in [-0.15, -0.1) is 48.1 Å². The maximum atomic E-state index is 6.82. The normalized spacial score (nSPS) is 12.3. The van der Waals surface area contributed by atoms with Crippen molar-refractivity contribution < 1.29 is 25.8 Å². The molecule has 0 N–H and O–H groups in total. The number of ether oxygens (including phenoxy) is 1. The summed E-state index contributed by atoms with van der Waals surface area (Å²) in [6.07, 6.45) is 1.86. The molecule has 0 spiro atoms. The first kappa shape index (κ1) is 46.1. The number of anilines is 4. The quantitative estimate of drug-likeness (QED) is 0.135. The Hall–Kier alpha value is -9.49. The van der Waals surface area contributed by atoms with Crippen LogP contribution in [0.25, 0.3) is 94.5 Å². The van der Waals surface area contributed by atoms with Crippen LogP contribution in [0, 0.1) is 25.7 Å². The first-order valence-corrected chi connectivity index (χ1v) is 25.5. The maximum absolute atomic E-state index is 6.82. The van der Waals surface area contributed by atoms with Crippen LogP contribution >= 0.6 is 0 Å². The maximum Gasteiger partial charge on any atom is 0.220 e. The van der Waals surface area contributed by atoms with Crippen LogP contribution in [-0.2, 0) is 21.1 Å². The number of aryl methyl sites for hydroxylation is 1. The molecule has 1 aliphatic rings. The molecule has 0 saturated heterocycles. The molecule has 0 amide bonds. The number of benzene rings is 10. The predicted octanol–water partition coefficient (Wildman–Crippen LogP) is 17.0. The van der Waals surface area contributed by atoms with E-state index in [1.807, 2.05) is 36.5 Å². The summed E-state index contributed by atoms with van der Waals surface area (Å²) in [6, 6.07) is 90.3. The van der Waals surface area contributed by atoms with Crippen LogP contribution in [0.5, 0.6) is 11.5 Å². The van der Waals surface area contributed by atoms with E-state index in [0.717, 1.165) is 123 Å². The van der Waals surface area contributed by atoms with E-state index in [2.05, 4.69) is 255 Å². The minimum Gasteiger partial charge on any atom is -0.509 e. The Morgan fingerprint density at radius 2 is 1.12 bits per heavy atom. The zero-order valence-electron chi connectivity index (χ0n) is 41.5. The molecule has 0 unspecified atom stereocenters. The van der Waals surface area contributed by atoms with Crippen molar-refractivity contribution in [2.75, 3.05) is 9.80 Å². The molecule has 0 atom stereocenters. The molecule has 14 aromatic rings. The third-order valence-corrected chi connectivity index (χ3v) is 14.6. The molecule has 4 aromatic heterocycles. The minimum absolute atomic E-state index is 0. The summed E-state index contributed by atoms with van der Waals surface area (Å²) in [6.45, 7) is 4.29. The molecule has 9 heteroatoms. The summed E-state index contributed by atoms with van der Waals surface area (Å²) in [5.74, 6) is 2.78. The molecule has 77 heavy (non-hydrogen) atoms. The molecule has 15 rings (SSSR count). The second-order valence-corrected chi connectivity index (χ2v) is 19.2. The molecule has 1 aliphatic heterocycles. The van der Waals surface area contributed by atoms with Gasteiger partial charge in [-0.05, 0) is 94.7 Å². The number of hydrogen-bond donors (Lipinski definition) is 0. The van der Waals surface area contributed by atoms with Gasteiger partial charge < -0.3 is 19.1 Å². The van der Waals surface area contributed by atoms with Crippen molar-refractivity contribution in [2.24, 2.45) is 0 Å². The van der Waals surface area contributed by atoms with E-state index in [1.165, 1.54) is 0 Å². The third kappa shape index (κ3) is 7.71. The molecule has 0 fully saturated rings. The Bertz CT molecular complexity index is 4490. The molecule has 8 nitrogen and oxygen atoms in total. The molecule has 370 valence electrons. The third-order valence-electron chi connectivity index (χ3n) is 14.6. The fourth-order valence-electron chi connectivity index (χ4n) is 11.2. The topological polar surface area (TPSA) is 55.8 Å². The minimum atomic E-state index is 0. The Kier molecular flexibility index (Phi) is 11.2. The van der Waals surface area contributed by atoms with Crippen LogP contribution in [0.15, 0.2) is 243 Å². The average Bonchev–Trinajstić information content (AvgIpc) is 4.23. The summed E-state index contributed by atoms with van der Waals surface area (Å²) in [5.41, 5.74) is 18.7. The van der Waals surface area contributed by atoms with Crippen LogP contribution in [-0.4, -0.2) is 23.5 Å². The van der Waals surface area contributed by atoms with Crippen LogP contribution in [0.4, 0.5) is 22.7 Å². The van der Waals surface area contributed by atoms with E-state index in [9.17, 15) is 0 Å². The van der Waals surface area contributed by atoms with Crippen LogP contribution in [0.1, 0.15) is 5.56 Å². The van der Waals surface area contributed by atoms with Gasteiger partial charge in [0.2, 0.25) is 5.78 Å². The van der Waals surface area contributed by atoms with Crippen molar-refractivity contribution in [2.45, 2.75) is 6.92 Å². The van der Waals surface area contributed by atoms with E-state index in [0.29, 0.717) is 11.5 Å². The Morgan fingerprint density at radius 1 is 0.468 bits per heavy atom. The largest absolute Gasteiger partial charge is 0.509 e. The molecule has 0 radical (unpaired) electrons. The summed E-state index contributed by atoms with van der Waals surface area (Å²) in [7, 11) is 0. The molecule has 0 aliphatic carbocycles. The van der Waals surface area contributed by atoms with E-state index in [4.69, 9.17) is 14.7 Å². The number of rotatable bonds is 9. The summed E-state index contributed by atoms with van der Waals surface area (Å²) < 4.78 is 13.6. The Morgan fingerprint density at radius 3 is 1.84 bits per heavy atom. The monoisotopic (exact) mass is 1170 g/mol. The molecule has 5 heterocycles. The van der Waals surface area contributed by atoms with Crippen molar-refractivity contribution in [1.29, 1.82) is 0 Å². The SMILES string of the molecule is Cc1ccnc(-n2c3[c-]c(Oc4[c-]c(N5[CH-]N(c6c(-c7ccccc7)cccc6-c6ccccc6)c6cc7c(cc65)nc5n(-c6ccccc6)c6ccccc6n75)ccc4)ccc3c3cc(-c4ccccc4)ccc32)c1.[Pt]. The average molecular weight is 1170 g/mol. The van der Waals surface area contributed by atoms with Gasteiger partial charge >= 0.3 is 0 Å². The van der Waals surface area contributed by atoms with Gasteiger partial charge in [0.25, 0.3) is 0 Å². The van der Waals surface area contributed by atoms with E-state index in [1.54, 1.807) is 0 Å². The number of aromatic nitrogens is 5. The van der Waals surface area contributed by atoms with Crippen molar-refractivity contribution >= 4 is 72.4 Å². The number of pyridine rings is 1. The first-order valence-electron chi connectivity index (χ1n) is 25.5. The van der Waals surface area contributed by atoms with E-state index in [-0.39, 0.29) is 21.1 Å². The van der Waals surface area contributed by atoms with Crippen molar-refractivity contribution in [3.63, 3.8) is 0 Å². The van der Waals surface area contributed by atoms with Crippen molar-refractivity contribution in [3.8, 4) is 56.4 Å². The molecule has 10 aromatic carbocycles. The second-order valence-electron chi connectivity index (χ2n) is 19.2. The molecular weight excluding hydrogens is 1130 g/mol. The molecular formula is C68H44N7OPt-3. The summed E-state index contributed by atoms with van der Waals surface area (Å²) >= 11 is 0. The number of imidazole rings is 2. The standard InChI is InChI=1S/C68H44N7O.Pt/c1-45-36-37-69-66(38-45)74-59-35-32-49(46-18-6-2-7-19-46)39-57(59)56-34-33-53(41-62(56)74)76-52-27-16-26-51(40-52)71-44-72(67-54(47-20-8-3-9-21-47)28-17-29-55(67)48-22-10-4-11-23-48)65-43-63-58(42-64(65)71)70-68-73(50-24-12-5-13-25-50)60-30-14-15-31-61(60)75(63)68;/h2-39,42-44H,1H3;/q-3;. The van der Waals surface area contributed by atoms with Crippen LogP contribution in [0.3, 0.4) is 0 Å². The smallest absolute Gasteiger partial charge is 0.220 e. The van der Waals surface area contributed by atoms with Crippen molar-refractivity contribution in [1.82, 2.24) is 23.5 Å².